The summed E-state index contributed by atoms with van der Waals surface area (Å²) in [6.07, 6.45) is -1.00. The first-order valence-corrected chi connectivity index (χ1v) is 14.7. The maximum atomic E-state index is 14.2. The summed E-state index contributed by atoms with van der Waals surface area (Å²) in [6, 6.07) is 4.98. The molecule has 44 heavy (non-hydrogen) atoms. The molecule has 13 heteroatoms. The van der Waals surface area contributed by atoms with Crippen molar-refractivity contribution in [2.45, 2.75) is 116 Å². The molecular weight excluding hydrogens is 574 g/mol. The van der Waals surface area contributed by atoms with E-state index in [1.165, 1.54) is 34.8 Å². The van der Waals surface area contributed by atoms with Gasteiger partial charge in [-0.05, 0) is 52.5 Å². The second-order valence-corrected chi connectivity index (χ2v) is 12.0. The molecular formula is C31H49N3O10. The van der Waals surface area contributed by atoms with Crippen LogP contribution in [0.3, 0.4) is 0 Å². The number of aliphatic hydroxyl groups excluding tert-OH is 1. The number of hydrogen-bond donors (Lipinski definition) is 4. The zero-order valence-electron chi connectivity index (χ0n) is 27.0. The average molecular weight is 624 g/mol. The topological polar surface area (TPSA) is 195 Å². The summed E-state index contributed by atoms with van der Waals surface area (Å²) >= 11 is 0. The maximum absolute atomic E-state index is 14.2. The minimum absolute atomic E-state index is 0.268. The van der Waals surface area contributed by atoms with Gasteiger partial charge >= 0.3 is 17.9 Å². The lowest BCUT2D eigenvalue weighted by molar-refractivity contribution is -0.233. The zero-order valence-corrected chi connectivity index (χ0v) is 27.0. The van der Waals surface area contributed by atoms with Crippen molar-refractivity contribution in [2.24, 2.45) is 11.7 Å². The Morgan fingerprint density at radius 1 is 1.05 bits per heavy atom. The van der Waals surface area contributed by atoms with Gasteiger partial charge in [-0.15, -0.1) is 5.06 Å². The highest BCUT2D eigenvalue weighted by atomic mass is 16.7. The van der Waals surface area contributed by atoms with Crippen LogP contribution in [0.1, 0.15) is 79.7 Å². The Bertz CT molecular complexity index is 1120. The number of nitrogens with zero attached hydrogens (tertiary/aromatic N) is 1. The third-order valence-electron chi connectivity index (χ3n) is 7.08. The number of aliphatic carboxylic acids is 1. The van der Waals surface area contributed by atoms with Gasteiger partial charge in [0.1, 0.15) is 17.7 Å². The Kier molecular flexibility index (Phi) is 14.9. The van der Waals surface area contributed by atoms with Crippen LogP contribution in [0.25, 0.3) is 0 Å². The normalized spacial score (nSPS) is 16.3. The predicted molar refractivity (Wildman–Crippen MR) is 161 cm³/mol. The molecule has 0 aromatic heterocycles. The number of benzene rings is 1. The lowest BCUT2D eigenvalue weighted by Gasteiger charge is -2.41. The fourth-order valence-corrected chi connectivity index (χ4v) is 4.15. The van der Waals surface area contributed by atoms with Gasteiger partial charge in [0, 0.05) is 13.5 Å². The van der Waals surface area contributed by atoms with E-state index in [1.54, 1.807) is 37.3 Å². The first-order chi connectivity index (χ1) is 20.4. The SMILES string of the molecule is CCCC[C@H](C)[C@@H](O)CC(=O)ON(C(=O)[C@@H](N)[C@@H](C)OC)[C@@](Cc1ccccc1)(C(=O)N[C@@H](C)C(=O)O)C(=O)OC(C)(C)C. The van der Waals surface area contributed by atoms with Crippen LogP contribution in [-0.4, -0.2) is 87.5 Å². The van der Waals surface area contributed by atoms with Crippen LogP contribution < -0.4 is 11.1 Å². The van der Waals surface area contributed by atoms with E-state index in [4.69, 9.17) is 20.0 Å². The molecule has 0 spiro atoms. The maximum Gasteiger partial charge on any atom is 0.346 e. The van der Waals surface area contributed by atoms with Crippen LogP contribution in [0.15, 0.2) is 30.3 Å². The minimum Gasteiger partial charge on any atom is -0.480 e. The van der Waals surface area contributed by atoms with E-state index in [0.29, 0.717) is 12.0 Å². The highest BCUT2D eigenvalue weighted by Gasteiger charge is 2.59. The summed E-state index contributed by atoms with van der Waals surface area (Å²) in [6.45, 7) is 10.9. The number of methoxy groups -OCH3 is 1. The third-order valence-corrected chi connectivity index (χ3v) is 7.08. The molecule has 6 atom stereocenters. The lowest BCUT2D eigenvalue weighted by Crippen LogP contribution is -2.71. The van der Waals surface area contributed by atoms with Crippen molar-refractivity contribution in [1.82, 2.24) is 10.4 Å². The molecule has 5 N–H and O–H groups in total. The molecule has 13 nitrogen and oxygen atoms in total. The van der Waals surface area contributed by atoms with Crippen molar-refractivity contribution >= 4 is 29.7 Å². The van der Waals surface area contributed by atoms with Crippen molar-refractivity contribution in [1.29, 1.82) is 0 Å². The third kappa shape index (κ3) is 10.9. The van der Waals surface area contributed by atoms with Gasteiger partial charge in [-0.2, -0.15) is 0 Å². The number of carboxylic acid groups (broad SMARTS) is 1. The molecule has 0 bridgehead atoms. The van der Waals surface area contributed by atoms with Crippen LogP contribution in [0.5, 0.6) is 0 Å². The molecule has 0 radical (unpaired) electrons. The number of hydroxylamine groups is 2. The highest BCUT2D eigenvalue weighted by Crippen LogP contribution is 2.29. The summed E-state index contributed by atoms with van der Waals surface area (Å²) < 4.78 is 10.8. The quantitative estimate of drug-likeness (QED) is 0.120. The average Bonchev–Trinajstić information content (AvgIpc) is 2.95. The fourth-order valence-electron chi connectivity index (χ4n) is 4.15. The Morgan fingerprint density at radius 2 is 1.64 bits per heavy atom. The van der Waals surface area contributed by atoms with Gasteiger partial charge in [-0.3, -0.25) is 14.4 Å². The number of amides is 2. The first-order valence-electron chi connectivity index (χ1n) is 14.7. The van der Waals surface area contributed by atoms with E-state index in [9.17, 15) is 34.2 Å². The molecule has 0 fully saturated rings. The Hall–Kier alpha value is -3.55. The van der Waals surface area contributed by atoms with Crippen molar-refractivity contribution < 1.29 is 48.5 Å². The molecule has 0 aliphatic heterocycles. The molecule has 0 saturated carbocycles. The van der Waals surface area contributed by atoms with Gasteiger partial charge in [0.2, 0.25) is 0 Å². The lowest BCUT2D eigenvalue weighted by atomic mass is 9.87. The number of aliphatic hydroxyl groups is 1. The molecule has 0 aliphatic rings. The van der Waals surface area contributed by atoms with Gasteiger partial charge in [-0.1, -0.05) is 57.0 Å². The number of nitrogens with one attached hydrogen (secondary N) is 1. The van der Waals surface area contributed by atoms with Crippen LogP contribution in [0.4, 0.5) is 0 Å². The largest absolute Gasteiger partial charge is 0.480 e. The number of nitrogens with two attached hydrogens (primary N) is 1. The first kappa shape index (κ1) is 38.5. The standard InChI is InChI=1S/C31H49N3O10/c1-9-10-14-19(2)23(35)17-24(36)44-34(26(37)25(32)21(4)42-8)31(29(41)43-30(5,6)7,18-22-15-12-11-13-16-22)28(40)33-20(3)27(38)39/h11-13,15-16,19-21,23,25,35H,9-10,14,17-18,32H2,1-8H3,(H,33,40)(H,38,39)/t19-,20-,21+,23-,25-,31-/m0/s1. The van der Waals surface area contributed by atoms with Crippen molar-refractivity contribution in [2.75, 3.05) is 7.11 Å². The predicted octanol–water partition coefficient (Wildman–Crippen LogP) is 2.13. The van der Waals surface area contributed by atoms with Crippen molar-refractivity contribution in [3.8, 4) is 0 Å². The zero-order chi connectivity index (χ0) is 33.8. The van der Waals surface area contributed by atoms with Gasteiger partial charge in [0.05, 0.1) is 18.6 Å². The van der Waals surface area contributed by atoms with E-state index in [-0.39, 0.29) is 11.0 Å². The molecule has 1 aromatic carbocycles. The number of esters is 1. The van der Waals surface area contributed by atoms with E-state index in [1.807, 2.05) is 6.92 Å². The van der Waals surface area contributed by atoms with E-state index in [2.05, 4.69) is 5.32 Å². The summed E-state index contributed by atoms with van der Waals surface area (Å²) in [5.74, 6) is -6.66. The van der Waals surface area contributed by atoms with Crippen LogP contribution >= 0.6 is 0 Å². The Balaban J connectivity index is 3.95. The molecule has 1 aromatic rings. The number of rotatable bonds is 16. The number of hydrogen-bond acceptors (Lipinski definition) is 10. The second kappa shape index (κ2) is 17.1. The van der Waals surface area contributed by atoms with E-state index < -0.39 is 78.0 Å². The number of carbonyl (C=O) groups is 5. The van der Waals surface area contributed by atoms with Crippen molar-refractivity contribution in [3.05, 3.63) is 35.9 Å². The van der Waals surface area contributed by atoms with Gasteiger partial charge in [0.25, 0.3) is 17.4 Å². The number of unbranched alkanes of at least 4 members (excludes halogenated alkanes) is 1. The van der Waals surface area contributed by atoms with Crippen LogP contribution in [-0.2, 0) is 44.7 Å². The van der Waals surface area contributed by atoms with E-state index >= 15 is 0 Å². The number of ether oxygens (including phenoxy) is 2. The molecule has 248 valence electrons. The summed E-state index contributed by atoms with van der Waals surface area (Å²) in [7, 11) is 1.29. The molecule has 0 unspecified atom stereocenters. The van der Waals surface area contributed by atoms with E-state index in [0.717, 1.165) is 19.8 Å². The van der Waals surface area contributed by atoms with Gasteiger partial charge < -0.3 is 35.6 Å². The number of carboxylic acids is 1. The fraction of sp³-hybridized carbons (Fsp3) is 0.645. The van der Waals surface area contributed by atoms with Crippen molar-refractivity contribution in [3.63, 3.8) is 0 Å². The van der Waals surface area contributed by atoms with Gasteiger partial charge in [0.15, 0.2) is 0 Å². The number of carbonyl (C=O) groups excluding carboxylic acids is 4. The van der Waals surface area contributed by atoms with Crippen LogP contribution in [0, 0.1) is 5.92 Å². The Morgan fingerprint density at radius 3 is 2.14 bits per heavy atom. The Labute approximate surface area is 259 Å². The second-order valence-electron chi connectivity index (χ2n) is 12.0. The molecule has 0 aliphatic carbocycles. The monoisotopic (exact) mass is 623 g/mol. The molecule has 0 heterocycles. The van der Waals surface area contributed by atoms with Gasteiger partial charge in [-0.25, -0.2) is 9.59 Å². The summed E-state index contributed by atoms with van der Waals surface area (Å²) in [5, 5.41) is 22.8. The molecule has 1 rings (SSSR count). The molecule has 0 saturated heterocycles. The minimum atomic E-state index is -2.80. The smallest absolute Gasteiger partial charge is 0.346 e. The molecule has 2 amide bonds. The van der Waals surface area contributed by atoms with Crippen LogP contribution in [0.2, 0.25) is 0 Å². The highest BCUT2D eigenvalue weighted by molar-refractivity contribution is 6.11. The summed E-state index contributed by atoms with van der Waals surface area (Å²) in [5.41, 5.74) is 2.52. The summed E-state index contributed by atoms with van der Waals surface area (Å²) in [4.78, 5) is 73.0.